The second-order valence-electron chi connectivity index (χ2n) is 7.20. The summed E-state index contributed by atoms with van der Waals surface area (Å²) in [6.45, 7) is 4.37. The highest BCUT2D eigenvalue weighted by Crippen LogP contribution is 2.31. The molecule has 2 aromatic heterocycles. The van der Waals surface area contributed by atoms with Crippen LogP contribution in [0.1, 0.15) is 25.1 Å². The molecule has 0 N–H and O–H groups in total. The van der Waals surface area contributed by atoms with E-state index in [1.807, 2.05) is 43.3 Å². The molecule has 0 aliphatic heterocycles. The molecule has 0 spiro atoms. The third-order valence-corrected chi connectivity index (χ3v) is 7.63. The Morgan fingerprint density at radius 2 is 1.78 bits per heavy atom. The zero-order valence-corrected chi connectivity index (χ0v) is 19.8. The average Bonchev–Trinajstić information content (AvgIpc) is 3.46. The summed E-state index contributed by atoms with van der Waals surface area (Å²) in [5, 5.41) is 10.7. The highest BCUT2D eigenvalue weighted by molar-refractivity contribution is 7.90. The molecule has 0 amide bonds. The number of thiazole rings is 1. The second-order valence-corrected chi connectivity index (χ2v) is 9.95. The van der Waals surface area contributed by atoms with Crippen molar-refractivity contribution < 1.29 is 13.2 Å². The van der Waals surface area contributed by atoms with Gasteiger partial charge < -0.3 is 4.74 Å². The van der Waals surface area contributed by atoms with Crippen molar-refractivity contribution in [3.05, 3.63) is 65.2 Å². The Labute approximate surface area is 191 Å². The Hall–Kier alpha value is -3.04. The predicted molar refractivity (Wildman–Crippen MR) is 126 cm³/mol. The van der Waals surface area contributed by atoms with Crippen LogP contribution in [0.15, 0.2) is 59.1 Å². The van der Waals surface area contributed by atoms with Gasteiger partial charge in [0.15, 0.2) is 5.82 Å². The monoisotopic (exact) mass is 468 g/mol. The lowest BCUT2D eigenvalue weighted by Crippen LogP contribution is -2.13. The molecule has 0 bridgehead atoms. The maximum atomic E-state index is 13.2. The molecule has 7 nitrogen and oxygen atoms in total. The largest absolute Gasteiger partial charge is 0.496 e. The molecule has 0 unspecified atom stereocenters. The standard InChI is InChI=1S/C23H24N4O3S2/c1-4-16-10-12-17(13-11-16)22-24-18(14-31-22)15-32(28,29)23-26-25-21(27(23)5-2)19-8-6-7-9-20(19)30-3/h6-14H,4-5,15H2,1-3H3. The minimum absolute atomic E-state index is 0.0669. The lowest BCUT2D eigenvalue weighted by atomic mass is 10.1. The molecular weight excluding hydrogens is 444 g/mol. The number of methoxy groups -OCH3 is 1. The number of benzene rings is 2. The van der Waals surface area contributed by atoms with E-state index in [4.69, 9.17) is 4.74 Å². The van der Waals surface area contributed by atoms with Crippen LogP contribution in [0.3, 0.4) is 0 Å². The number of hydrogen-bond donors (Lipinski definition) is 0. The van der Waals surface area contributed by atoms with E-state index in [2.05, 4.69) is 34.2 Å². The van der Waals surface area contributed by atoms with Crippen LogP contribution in [-0.4, -0.2) is 35.3 Å². The van der Waals surface area contributed by atoms with E-state index >= 15 is 0 Å². The Balaban J connectivity index is 1.63. The highest BCUT2D eigenvalue weighted by atomic mass is 32.2. The average molecular weight is 469 g/mol. The molecule has 0 saturated heterocycles. The summed E-state index contributed by atoms with van der Waals surface area (Å²) in [4.78, 5) is 4.56. The smallest absolute Gasteiger partial charge is 0.250 e. The number of rotatable bonds is 8. The second kappa shape index (κ2) is 9.22. The maximum Gasteiger partial charge on any atom is 0.250 e. The summed E-state index contributed by atoms with van der Waals surface area (Å²) < 4.78 is 33.5. The molecule has 0 radical (unpaired) electrons. The van der Waals surface area contributed by atoms with Crippen LogP contribution in [0.5, 0.6) is 5.75 Å². The number of nitrogens with zero attached hydrogens (tertiary/aromatic N) is 4. The van der Waals surface area contributed by atoms with Gasteiger partial charge in [-0.05, 0) is 31.0 Å². The van der Waals surface area contributed by atoms with Crippen molar-refractivity contribution in [1.29, 1.82) is 0 Å². The van der Waals surface area contributed by atoms with Crippen molar-refractivity contribution in [2.45, 2.75) is 37.7 Å². The van der Waals surface area contributed by atoms with Gasteiger partial charge in [0.05, 0.1) is 18.4 Å². The first-order valence-electron chi connectivity index (χ1n) is 10.3. The van der Waals surface area contributed by atoms with Gasteiger partial charge >= 0.3 is 0 Å². The summed E-state index contributed by atoms with van der Waals surface area (Å²) in [5.41, 5.74) is 3.41. The summed E-state index contributed by atoms with van der Waals surface area (Å²) in [5.74, 6) is 0.830. The quantitative estimate of drug-likeness (QED) is 0.375. The molecule has 4 rings (SSSR count). The van der Waals surface area contributed by atoms with E-state index in [1.54, 1.807) is 17.1 Å². The third-order valence-electron chi connectivity index (χ3n) is 5.16. The zero-order chi connectivity index (χ0) is 22.7. The molecule has 0 aliphatic rings. The topological polar surface area (TPSA) is 87.0 Å². The van der Waals surface area contributed by atoms with E-state index in [1.165, 1.54) is 16.9 Å². The van der Waals surface area contributed by atoms with Crippen LogP contribution in [0, 0.1) is 0 Å². The summed E-state index contributed by atoms with van der Waals surface area (Å²) in [6, 6.07) is 15.5. The van der Waals surface area contributed by atoms with Crippen molar-refractivity contribution in [3.8, 4) is 27.7 Å². The number of ether oxygens (including phenoxy) is 1. The Morgan fingerprint density at radius 1 is 1.03 bits per heavy atom. The minimum Gasteiger partial charge on any atom is -0.496 e. The van der Waals surface area contributed by atoms with Gasteiger partial charge in [0.2, 0.25) is 15.0 Å². The molecule has 2 heterocycles. The minimum atomic E-state index is -3.75. The lowest BCUT2D eigenvalue weighted by molar-refractivity contribution is 0.415. The van der Waals surface area contributed by atoms with Gasteiger partial charge in [0, 0.05) is 17.5 Å². The molecule has 4 aromatic rings. The summed E-state index contributed by atoms with van der Waals surface area (Å²) in [6.07, 6.45) is 0.969. The maximum absolute atomic E-state index is 13.2. The Kier molecular flexibility index (Phi) is 6.38. The number of hydrogen-bond acceptors (Lipinski definition) is 7. The van der Waals surface area contributed by atoms with Gasteiger partial charge in [-0.1, -0.05) is 43.3 Å². The SMILES string of the molecule is CCc1ccc(-c2nc(CS(=O)(=O)c3nnc(-c4ccccc4OC)n3CC)cs2)cc1. The molecular formula is C23H24N4O3S2. The van der Waals surface area contributed by atoms with Crippen LogP contribution in [0.2, 0.25) is 0 Å². The van der Waals surface area contributed by atoms with E-state index < -0.39 is 9.84 Å². The first-order chi connectivity index (χ1) is 15.5. The van der Waals surface area contributed by atoms with Crippen molar-refractivity contribution in [1.82, 2.24) is 19.7 Å². The number of aryl methyl sites for hydroxylation is 1. The van der Waals surface area contributed by atoms with Crippen LogP contribution in [0.4, 0.5) is 0 Å². The van der Waals surface area contributed by atoms with Crippen molar-refractivity contribution >= 4 is 21.2 Å². The fraction of sp³-hybridized carbons (Fsp3) is 0.261. The van der Waals surface area contributed by atoms with Crippen molar-refractivity contribution in [2.24, 2.45) is 0 Å². The lowest BCUT2D eigenvalue weighted by Gasteiger charge is -2.10. The van der Waals surface area contributed by atoms with Crippen LogP contribution in [-0.2, 0) is 28.6 Å². The number of sulfone groups is 1. The summed E-state index contributed by atoms with van der Waals surface area (Å²) in [7, 11) is -2.18. The van der Waals surface area contributed by atoms with Gasteiger partial charge in [0.1, 0.15) is 16.5 Å². The van der Waals surface area contributed by atoms with Gasteiger partial charge in [-0.3, -0.25) is 4.57 Å². The Bertz CT molecular complexity index is 1330. The van der Waals surface area contributed by atoms with E-state index in [0.717, 1.165) is 17.0 Å². The number of para-hydroxylation sites is 1. The van der Waals surface area contributed by atoms with E-state index in [9.17, 15) is 8.42 Å². The van der Waals surface area contributed by atoms with Crippen LogP contribution >= 0.6 is 11.3 Å². The normalized spacial score (nSPS) is 11.6. The summed E-state index contributed by atoms with van der Waals surface area (Å²) >= 11 is 1.43. The molecule has 166 valence electrons. The number of aromatic nitrogens is 4. The molecule has 2 aromatic carbocycles. The van der Waals surface area contributed by atoms with Gasteiger partial charge in [0.25, 0.3) is 0 Å². The predicted octanol–water partition coefficient (Wildman–Crippen LogP) is 4.63. The first kappa shape index (κ1) is 22.2. The van der Waals surface area contributed by atoms with Crippen molar-refractivity contribution in [3.63, 3.8) is 0 Å². The first-order valence-corrected chi connectivity index (χ1v) is 12.8. The van der Waals surface area contributed by atoms with Crippen LogP contribution < -0.4 is 4.74 Å². The van der Waals surface area contributed by atoms with Gasteiger partial charge in [-0.2, -0.15) is 0 Å². The van der Waals surface area contributed by atoms with Gasteiger partial charge in [-0.25, -0.2) is 13.4 Å². The van der Waals surface area contributed by atoms with Gasteiger partial charge in [-0.15, -0.1) is 21.5 Å². The molecule has 32 heavy (non-hydrogen) atoms. The molecule has 9 heteroatoms. The van der Waals surface area contributed by atoms with Crippen molar-refractivity contribution in [2.75, 3.05) is 7.11 Å². The molecule has 0 fully saturated rings. The fourth-order valence-electron chi connectivity index (χ4n) is 3.48. The molecule has 0 saturated carbocycles. The van der Waals surface area contributed by atoms with E-state index in [0.29, 0.717) is 29.4 Å². The molecule has 0 atom stereocenters. The fourth-order valence-corrected chi connectivity index (χ4v) is 5.79. The zero-order valence-electron chi connectivity index (χ0n) is 18.1. The third kappa shape index (κ3) is 4.31. The Morgan fingerprint density at radius 3 is 2.47 bits per heavy atom. The van der Waals surface area contributed by atoms with Crippen LogP contribution in [0.25, 0.3) is 22.0 Å². The molecule has 0 aliphatic carbocycles. The highest BCUT2D eigenvalue weighted by Gasteiger charge is 2.27. The van der Waals surface area contributed by atoms with E-state index in [-0.39, 0.29) is 10.9 Å².